The minimum atomic E-state index is -1.95. The van der Waals surface area contributed by atoms with Gasteiger partial charge in [-0.2, -0.15) is 0 Å². The zero-order chi connectivity index (χ0) is 24.9. The van der Waals surface area contributed by atoms with Crippen LogP contribution in [0, 0.1) is 11.5 Å². The van der Waals surface area contributed by atoms with E-state index < -0.39 is 22.5 Å². The van der Waals surface area contributed by atoms with E-state index in [-0.39, 0.29) is 23.4 Å². The first-order valence-corrected chi connectivity index (χ1v) is 18.4. The number of aliphatic hydroxyl groups is 1. The Balaban J connectivity index is 1.82. The van der Waals surface area contributed by atoms with E-state index >= 15 is 0 Å². The lowest BCUT2D eigenvalue weighted by Crippen LogP contribution is -2.44. The lowest BCUT2D eigenvalue weighted by molar-refractivity contribution is 0.104. The Kier molecular flexibility index (Phi) is 9.81. The monoisotopic (exact) mass is 492 g/mol. The van der Waals surface area contributed by atoms with Crippen LogP contribution in [0.2, 0.25) is 37.8 Å². The van der Waals surface area contributed by atoms with Crippen molar-refractivity contribution in [2.45, 2.75) is 102 Å². The van der Waals surface area contributed by atoms with Crippen LogP contribution < -0.4 is 4.74 Å². The van der Waals surface area contributed by atoms with Gasteiger partial charge in [-0.05, 0) is 48.7 Å². The van der Waals surface area contributed by atoms with Gasteiger partial charge in [-0.3, -0.25) is 0 Å². The number of ether oxygens (including phenoxy) is 3. The van der Waals surface area contributed by atoms with Crippen LogP contribution in [0.15, 0.2) is 24.3 Å². The smallest absolute Gasteiger partial charge is 0.193 e. The van der Waals surface area contributed by atoms with Crippen LogP contribution in [0.5, 0.6) is 5.75 Å². The van der Waals surface area contributed by atoms with E-state index in [0.717, 1.165) is 11.3 Å². The average Bonchev–Trinajstić information content (AvgIpc) is 3.48. The highest BCUT2D eigenvalue weighted by atomic mass is 28.4. The van der Waals surface area contributed by atoms with Gasteiger partial charge >= 0.3 is 0 Å². The zero-order valence-electron chi connectivity index (χ0n) is 22.0. The highest BCUT2D eigenvalue weighted by molar-refractivity contribution is 6.83. The summed E-state index contributed by atoms with van der Waals surface area (Å²) >= 11 is 0. The van der Waals surface area contributed by atoms with E-state index in [4.69, 9.17) is 18.6 Å². The fraction of sp³-hybridized carbons (Fsp3) is 0.692. The van der Waals surface area contributed by atoms with E-state index in [1.54, 1.807) is 7.11 Å². The molecule has 186 valence electrons. The molecule has 1 heterocycles. The molecule has 0 bridgehead atoms. The topological polar surface area (TPSA) is 60.5 Å². The van der Waals surface area contributed by atoms with Gasteiger partial charge in [-0.15, -0.1) is 5.54 Å². The molecule has 1 N–H and O–H groups in total. The van der Waals surface area contributed by atoms with Crippen molar-refractivity contribution in [3.05, 3.63) is 29.8 Å². The van der Waals surface area contributed by atoms with Crippen molar-refractivity contribution in [3.63, 3.8) is 0 Å². The van der Waals surface area contributed by atoms with E-state index in [0.29, 0.717) is 26.1 Å². The molecule has 1 aliphatic heterocycles. The molecule has 0 aliphatic carbocycles. The molecule has 1 aromatic carbocycles. The summed E-state index contributed by atoms with van der Waals surface area (Å²) in [6, 6.07) is 7.82. The molecule has 0 saturated carbocycles. The SMILES string of the molecule is COc1ccc(COC[C@@H]2O[C@@H]2[C@H](O)CC[C@H](C#C[Si](C)(C)C)O[Si](C)(C)C(C)(C)C)cc1. The molecule has 1 saturated heterocycles. The van der Waals surface area contributed by atoms with Gasteiger partial charge in [0.15, 0.2) is 8.32 Å². The second-order valence-corrected chi connectivity index (χ2v) is 21.0. The summed E-state index contributed by atoms with van der Waals surface area (Å²) in [4.78, 5) is 0. The van der Waals surface area contributed by atoms with Crippen LogP contribution in [0.25, 0.3) is 0 Å². The average molecular weight is 493 g/mol. The van der Waals surface area contributed by atoms with Gasteiger partial charge in [0.05, 0.1) is 26.4 Å². The van der Waals surface area contributed by atoms with Gasteiger partial charge in [0, 0.05) is 0 Å². The third-order valence-electron chi connectivity index (χ3n) is 6.29. The number of epoxide rings is 1. The third kappa shape index (κ3) is 9.55. The van der Waals surface area contributed by atoms with E-state index in [2.05, 4.69) is 65.0 Å². The molecule has 0 radical (unpaired) electrons. The molecule has 0 amide bonds. The van der Waals surface area contributed by atoms with Crippen LogP contribution in [-0.2, 0) is 20.5 Å². The molecule has 0 aromatic heterocycles. The summed E-state index contributed by atoms with van der Waals surface area (Å²) in [5.74, 6) is 4.24. The molecule has 0 spiro atoms. The summed E-state index contributed by atoms with van der Waals surface area (Å²) in [5, 5.41) is 10.8. The molecule has 1 fully saturated rings. The predicted octanol–water partition coefficient (Wildman–Crippen LogP) is 5.39. The number of rotatable bonds is 11. The molecule has 1 aromatic rings. The Bertz CT molecular complexity index is 799. The molecule has 1 aliphatic rings. The van der Waals surface area contributed by atoms with Crippen molar-refractivity contribution in [1.82, 2.24) is 0 Å². The van der Waals surface area contributed by atoms with Gasteiger partial charge in [0.1, 0.15) is 32.1 Å². The summed E-state index contributed by atoms with van der Waals surface area (Å²) < 4.78 is 23.3. The summed E-state index contributed by atoms with van der Waals surface area (Å²) in [7, 11) is -1.79. The van der Waals surface area contributed by atoms with Crippen molar-refractivity contribution in [1.29, 1.82) is 0 Å². The fourth-order valence-corrected chi connectivity index (χ4v) is 4.96. The fourth-order valence-electron chi connectivity index (χ4n) is 3.12. The first kappa shape index (κ1) is 28.1. The minimum absolute atomic E-state index is 0.0499. The van der Waals surface area contributed by atoms with Crippen molar-refractivity contribution < 1.29 is 23.7 Å². The van der Waals surface area contributed by atoms with Crippen molar-refractivity contribution >= 4 is 16.4 Å². The Morgan fingerprint density at radius 3 is 2.24 bits per heavy atom. The molecule has 7 heteroatoms. The quantitative estimate of drug-likeness (QED) is 0.255. The van der Waals surface area contributed by atoms with Crippen molar-refractivity contribution in [2.75, 3.05) is 13.7 Å². The van der Waals surface area contributed by atoms with Gasteiger partial charge in [0.2, 0.25) is 0 Å². The maximum atomic E-state index is 10.7. The molecule has 5 nitrogen and oxygen atoms in total. The van der Waals surface area contributed by atoms with Crippen LogP contribution in [0.4, 0.5) is 0 Å². The maximum Gasteiger partial charge on any atom is 0.193 e. The highest BCUT2D eigenvalue weighted by Gasteiger charge is 2.45. The molecule has 0 unspecified atom stereocenters. The number of hydrogen-bond acceptors (Lipinski definition) is 5. The number of benzene rings is 1. The van der Waals surface area contributed by atoms with Gasteiger partial charge in [-0.25, -0.2) is 0 Å². The lowest BCUT2D eigenvalue weighted by atomic mass is 10.1. The summed E-state index contributed by atoms with van der Waals surface area (Å²) in [6.07, 6.45) is 0.434. The summed E-state index contributed by atoms with van der Waals surface area (Å²) in [5.41, 5.74) is 4.55. The van der Waals surface area contributed by atoms with Gasteiger partial charge in [0.25, 0.3) is 0 Å². The first-order valence-electron chi connectivity index (χ1n) is 12.0. The molecule has 33 heavy (non-hydrogen) atoms. The largest absolute Gasteiger partial charge is 0.497 e. The number of methoxy groups -OCH3 is 1. The van der Waals surface area contributed by atoms with Crippen LogP contribution in [0.3, 0.4) is 0 Å². The Labute approximate surface area is 203 Å². The maximum absolute atomic E-state index is 10.7. The lowest BCUT2D eigenvalue weighted by Gasteiger charge is -2.38. The second kappa shape index (κ2) is 11.5. The van der Waals surface area contributed by atoms with Crippen LogP contribution >= 0.6 is 0 Å². The standard InChI is InChI=1S/C26H44O5Si2/c1-26(2,3)33(8,9)31-22(16-17-32(5,6)7)14-15-23(27)25-24(30-25)19-29-18-20-10-12-21(28-4)13-11-20/h10-13,22-25,27H,14-15,18-19H2,1-9H3/t22-,23-,24+,25-/m1/s1. The molecular formula is C26H44O5Si2. The van der Waals surface area contributed by atoms with Crippen molar-refractivity contribution in [3.8, 4) is 17.2 Å². The normalized spacial score (nSPS) is 20.5. The van der Waals surface area contributed by atoms with Gasteiger partial charge < -0.3 is 23.7 Å². The number of aliphatic hydroxyl groups excluding tert-OH is 1. The van der Waals surface area contributed by atoms with Gasteiger partial charge in [-0.1, -0.05) is 58.5 Å². The van der Waals surface area contributed by atoms with E-state index in [1.807, 2.05) is 24.3 Å². The minimum Gasteiger partial charge on any atom is -0.497 e. The Morgan fingerprint density at radius 1 is 1.06 bits per heavy atom. The summed E-state index contributed by atoms with van der Waals surface area (Å²) in [6.45, 7) is 19.0. The molecule has 2 rings (SSSR count). The molecular weight excluding hydrogens is 448 g/mol. The highest BCUT2D eigenvalue weighted by Crippen LogP contribution is 2.38. The van der Waals surface area contributed by atoms with Crippen LogP contribution in [-0.4, -0.2) is 59.6 Å². The Morgan fingerprint density at radius 2 is 1.70 bits per heavy atom. The van der Waals surface area contributed by atoms with Crippen LogP contribution in [0.1, 0.15) is 39.2 Å². The Hall–Kier alpha value is -1.15. The first-order chi connectivity index (χ1) is 15.2. The molecule has 4 atom stereocenters. The second-order valence-electron chi connectivity index (χ2n) is 11.5. The number of hydrogen-bond donors (Lipinski definition) is 1. The third-order valence-corrected chi connectivity index (χ3v) is 11.7. The zero-order valence-corrected chi connectivity index (χ0v) is 24.0. The predicted molar refractivity (Wildman–Crippen MR) is 140 cm³/mol. The van der Waals surface area contributed by atoms with Crippen molar-refractivity contribution in [2.24, 2.45) is 0 Å². The van der Waals surface area contributed by atoms with E-state index in [1.165, 1.54) is 0 Å². The van der Waals surface area contributed by atoms with E-state index in [9.17, 15) is 5.11 Å².